The second-order valence-corrected chi connectivity index (χ2v) is 12.2. The smallest absolute Gasteiger partial charge is 0.379 e. The zero-order valence-electron chi connectivity index (χ0n) is 26.2. The second-order valence-electron chi connectivity index (χ2n) is 11.2. The maximum Gasteiger partial charge on any atom is 0.466 e. The third kappa shape index (κ3) is 51.3. The Morgan fingerprint density at radius 3 is 0.744 bits per heavy atom. The Morgan fingerprint density at radius 1 is 0.359 bits per heavy atom. The van der Waals surface area contributed by atoms with Crippen LogP contribution in [0.2, 0.25) is 0 Å². The van der Waals surface area contributed by atoms with Gasteiger partial charge in [-0.15, -0.1) is 0 Å². The van der Waals surface area contributed by atoms with Crippen molar-refractivity contribution >= 4 is 7.82 Å². The fourth-order valence-corrected chi connectivity index (χ4v) is 4.77. The number of unbranched alkanes of at least 4 members (excludes halogenated alkanes) is 24. The summed E-state index contributed by atoms with van der Waals surface area (Å²) in [5, 5.41) is 0. The molecule has 0 aliphatic carbocycles. The van der Waals surface area contributed by atoms with E-state index < -0.39 is 7.82 Å². The summed E-state index contributed by atoms with van der Waals surface area (Å²) in [6, 6.07) is 0. The Balaban J connectivity index is 0. The van der Waals surface area contributed by atoms with Gasteiger partial charge in [-0.1, -0.05) is 168 Å². The van der Waals surface area contributed by atoms with Gasteiger partial charge in [-0.3, -0.25) is 0 Å². The Kier molecular flexibility index (Phi) is 38.1. The Labute approximate surface area is 243 Å². The highest BCUT2D eigenvalue weighted by Crippen LogP contribution is 2.25. The summed E-state index contributed by atoms with van der Waals surface area (Å²) in [5.74, 6) is 0. The van der Waals surface area contributed by atoms with Crippen LogP contribution < -0.4 is 0 Å². The third-order valence-corrected chi connectivity index (χ3v) is 7.16. The van der Waals surface area contributed by atoms with Crippen LogP contribution in [0.1, 0.15) is 181 Å². The lowest BCUT2D eigenvalue weighted by molar-refractivity contribution is 0.0448. The van der Waals surface area contributed by atoms with Crippen molar-refractivity contribution in [3.8, 4) is 0 Å². The lowest BCUT2D eigenvalue weighted by Gasteiger charge is -2.06. The minimum atomic E-state index is -4.64. The van der Waals surface area contributed by atoms with Gasteiger partial charge in [0.05, 0.1) is 13.2 Å². The van der Waals surface area contributed by atoms with Crippen LogP contribution in [0.5, 0.6) is 0 Å². The zero-order chi connectivity index (χ0) is 29.1. The first-order valence-corrected chi connectivity index (χ1v) is 18.4. The highest BCUT2D eigenvalue weighted by Gasteiger charge is 2.00. The molecule has 0 amide bonds. The zero-order valence-corrected chi connectivity index (χ0v) is 27.1. The van der Waals surface area contributed by atoms with Crippen molar-refractivity contribution in [2.45, 2.75) is 181 Å². The van der Waals surface area contributed by atoms with Crippen molar-refractivity contribution in [1.29, 1.82) is 0 Å². The van der Waals surface area contributed by atoms with Gasteiger partial charge in [-0.05, 0) is 12.8 Å². The Hall–Kier alpha value is 0.0300. The van der Waals surface area contributed by atoms with Gasteiger partial charge in [0.1, 0.15) is 0 Å². The molecule has 6 nitrogen and oxygen atoms in total. The van der Waals surface area contributed by atoms with Crippen molar-refractivity contribution in [3.63, 3.8) is 0 Å². The number of ether oxygens (including phenoxy) is 2. The van der Waals surface area contributed by atoms with Crippen LogP contribution in [0.25, 0.3) is 0 Å². The molecule has 0 spiro atoms. The lowest BCUT2D eigenvalue weighted by Crippen LogP contribution is -2.06. The van der Waals surface area contributed by atoms with Gasteiger partial charge in [0, 0.05) is 13.2 Å². The number of rotatable bonds is 31. The molecule has 0 aliphatic heterocycles. The highest BCUT2D eigenvalue weighted by molar-refractivity contribution is 7.45. The van der Waals surface area contributed by atoms with Crippen LogP contribution in [0.15, 0.2) is 0 Å². The lowest BCUT2D eigenvalue weighted by atomic mass is 10.0. The molecule has 3 N–H and O–H groups in total. The molecule has 0 aliphatic rings. The molecular formula is C32H69O6P. The van der Waals surface area contributed by atoms with E-state index in [0.29, 0.717) is 0 Å². The summed E-state index contributed by atoms with van der Waals surface area (Å²) in [5.41, 5.74) is 0. The minimum Gasteiger partial charge on any atom is -0.379 e. The fraction of sp³-hybridized carbons (Fsp3) is 1.00. The van der Waals surface area contributed by atoms with Gasteiger partial charge in [0.25, 0.3) is 0 Å². The first kappa shape index (κ1) is 41.2. The summed E-state index contributed by atoms with van der Waals surface area (Å²) in [4.78, 5) is 21.6. The van der Waals surface area contributed by atoms with Crippen LogP contribution in [-0.4, -0.2) is 41.1 Å². The fourth-order valence-electron chi connectivity index (χ4n) is 4.77. The summed E-state index contributed by atoms with van der Waals surface area (Å²) < 4.78 is 20.3. The first-order chi connectivity index (χ1) is 18.9. The van der Waals surface area contributed by atoms with E-state index in [-0.39, 0.29) is 0 Å². The van der Waals surface area contributed by atoms with Crippen molar-refractivity contribution in [2.75, 3.05) is 26.4 Å². The first-order valence-electron chi connectivity index (χ1n) is 16.9. The monoisotopic (exact) mass is 580 g/mol. The topological polar surface area (TPSA) is 96.2 Å². The molecule has 238 valence electrons. The summed E-state index contributed by atoms with van der Waals surface area (Å²) in [7, 11) is -4.64. The van der Waals surface area contributed by atoms with E-state index in [0.717, 1.165) is 26.4 Å². The summed E-state index contributed by atoms with van der Waals surface area (Å²) >= 11 is 0. The van der Waals surface area contributed by atoms with E-state index in [1.165, 1.54) is 167 Å². The molecule has 0 rings (SSSR count). The van der Waals surface area contributed by atoms with Gasteiger partial charge < -0.3 is 24.2 Å². The SMILES string of the molecule is CCCCCCCCCCCCCCCCCCOCCOCCCCCCCCCCCC.O=P(O)(O)O. The third-order valence-electron chi connectivity index (χ3n) is 7.16. The molecule has 0 aromatic heterocycles. The normalized spacial score (nSPS) is 11.5. The van der Waals surface area contributed by atoms with Gasteiger partial charge in [0.15, 0.2) is 0 Å². The molecule has 0 radical (unpaired) electrons. The number of phosphoric acid groups is 1. The van der Waals surface area contributed by atoms with Crippen LogP contribution in [0, 0.1) is 0 Å². The molecule has 0 aromatic carbocycles. The van der Waals surface area contributed by atoms with Crippen LogP contribution in [0.3, 0.4) is 0 Å². The molecule has 0 saturated carbocycles. The van der Waals surface area contributed by atoms with Crippen LogP contribution in [-0.2, 0) is 14.0 Å². The molecule has 0 unspecified atom stereocenters. The van der Waals surface area contributed by atoms with Crippen molar-refractivity contribution < 1.29 is 28.7 Å². The molecule has 0 fully saturated rings. The van der Waals surface area contributed by atoms with Gasteiger partial charge in [0.2, 0.25) is 0 Å². The summed E-state index contributed by atoms with van der Waals surface area (Å²) in [6.45, 7) is 7.97. The van der Waals surface area contributed by atoms with E-state index in [4.69, 9.17) is 28.7 Å². The molecule has 7 heteroatoms. The predicted octanol–water partition coefficient (Wildman–Crippen LogP) is 10.3. The molecule has 0 bridgehead atoms. The van der Waals surface area contributed by atoms with E-state index in [2.05, 4.69) is 13.8 Å². The van der Waals surface area contributed by atoms with Crippen LogP contribution in [0.4, 0.5) is 0 Å². The van der Waals surface area contributed by atoms with Crippen molar-refractivity contribution in [3.05, 3.63) is 0 Å². The van der Waals surface area contributed by atoms with Crippen LogP contribution >= 0.6 is 7.82 Å². The minimum absolute atomic E-state index is 0.774. The number of hydrogen-bond donors (Lipinski definition) is 3. The molecule has 39 heavy (non-hydrogen) atoms. The molecule has 0 heterocycles. The van der Waals surface area contributed by atoms with Gasteiger partial charge in [-0.2, -0.15) is 0 Å². The molecule has 0 aromatic rings. The number of hydrogen-bond acceptors (Lipinski definition) is 3. The summed E-state index contributed by atoms with van der Waals surface area (Å²) in [6.07, 6.45) is 36.6. The van der Waals surface area contributed by atoms with E-state index in [1.54, 1.807) is 0 Å². The van der Waals surface area contributed by atoms with E-state index >= 15 is 0 Å². The van der Waals surface area contributed by atoms with Gasteiger partial charge >= 0.3 is 7.82 Å². The average molecular weight is 581 g/mol. The average Bonchev–Trinajstić information content (AvgIpc) is 2.89. The molecular weight excluding hydrogens is 511 g/mol. The van der Waals surface area contributed by atoms with E-state index in [1.807, 2.05) is 0 Å². The van der Waals surface area contributed by atoms with Gasteiger partial charge in [-0.25, -0.2) is 4.57 Å². The molecule has 0 atom stereocenters. The standard InChI is InChI=1S/C32H66O2.H3O4P/c1-3-5-7-9-11-13-15-16-17-18-19-20-22-24-26-28-30-34-32-31-33-29-27-25-23-21-14-12-10-8-6-4-2;1-5(2,3)4/h3-32H2,1-2H3;(H3,1,2,3,4). The predicted molar refractivity (Wildman–Crippen MR) is 167 cm³/mol. The maximum atomic E-state index is 8.88. The second kappa shape index (κ2) is 36.1. The van der Waals surface area contributed by atoms with E-state index in [9.17, 15) is 0 Å². The Bertz CT molecular complexity index is 431. The van der Waals surface area contributed by atoms with Crippen molar-refractivity contribution in [2.24, 2.45) is 0 Å². The quantitative estimate of drug-likeness (QED) is 0.0557. The largest absolute Gasteiger partial charge is 0.466 e. The van der Waals surface area contributed by atoms with Crippen molar-refractivity contribution in [1.82, 2.24) is 0 Å². The molecule has 0 saturated heterocycles. The Morgan fingerprint density at radius 2 is 0.538 bits per heavy atom. The maximum absolute atomic E-state index is 8.88. The highest BCUT2D eigenvalue weighted by atomic mass is 31.2.